The number of piperidine rings is 1. The highest BCUT2D eigenvalue weighted by Gasteiger charge is 2.37. The second kappa shape index (κ2) is 7.96. The van der Waals surface area contributed by atoms with Crippen molar-refractivity contribution < 1.29 is 17.6 Å². The summed E-state index contributed by atoms with van der Waals surface area (Å²) in [5, 5.41) is 3.07. The van der Waals surface area contributed by atoms with Gasteiger partial charge in [-0.3, -0.25) is 4.79 Å². The number of aryl methyl sites for hydroxylation is 1. The fourth-order valence-corrected chi connectivity index (χ4v) is 4.88. The number of carbonyl (C=O) groups is 1. The zero-order chi connectivity index (χ0) is 19.6. The highest BCUT2D eigenvalue weighted by molar-refractivity contribution is 7.89. The normalized spacial score (nSPS) is 18.3. The Kier molecular flexibility index (Phi) is 5.83. The molecule has 0 radical (unpaired) electrons. The lowest BCUT2D eigenvalue weighted by atomic mass is 10.0. The lowest BCUT2D eigenvalue weighted by Gasteiger charge is -2.33. The number of hydrogen-bond donors (Lipinski definition) is 1. The second-order valence-corrected chi connectivity index (χ2v) is 8.86. The van der Waals surface area contributed by atoms with Crippen LogP contribution in [-0.4, -0.2) is 31.2 Å². The van der Waals surface area contributed by atoms with Gasteiger partial charge in [0.1, 0.15) is 11.9 Å². The number of carbonyl (C=O) groups excluding carboxylic acids is 1. The molecule has 1 saturated heterocycles. The van der Waals surface area contributed by atoms with Crippen LogP contribution >= 0.6 is 11.6 Å². The van der Waals surface area contributed by atoms with Crippen LogP contribution < -0.4 is 5.32 Å². The largest absolute Gasteiger partial charge is 0.325 e. The summed E-state index contributed by atoms with van der Waals surface area (Å²) in [5.41, 5.74) is 0.773. The first-order chi connectivity index (χ1) is 12.8. The molecule has 27 heavy (non-hydrogen) atoms. The number of nitrogens with zero attached hydrogens (tertiary/aromatic N) is 1. The fourth-order valence-electron chi connectivity index (χ4n) is 3.09. The molecule has 3 rings (SSSR count). The van der Waals surface area contributed by atoms with E-state index in [1.54, 1.807) is 19.1 Å². The van der Waals surface area contributed by atoms with Crippen molar-refractivity contribution >= 4 is 33.2 Å². The molecule has 2 aromatic rings. The van der Waals surface area contributed by atoms with Gasteiger partial charge in [-0.15, -0.1) is 0 Å². The third-order valence-electron chi connectivity index (χ3n) is 4.62. The molecule has 1 heterocycles. The number of sulfonamides is 1. The Morgan fingerprint density at radius 2 is 1.89 bits per heavy atom. The third kappa shape index (κ3) is 4.31. The van der Waals surface area contributed by atoms with Crippen LogP contribution in [0.1, 0.15) is 24.8 Å². The van der Waals surface area contributed by atoms with Gasteiger partial charge in [0, 0.05) is 17.3 Å². The Bertz CT molecular complexity index is 948. The summed E-state index contributed by atoms with van der Waals surface area (Å²) in [7, 11) is -3.84. The molecule has 1 atom stereocenters. The topological polar surface area (TPSA) is 66.5 Å². The minimum atomic E-state index is -3.84. The van der Waals surface area contributed by atoms with Crippen LogP contribution in [0.15, 0.2) is 47.4 Å². The lowest BCUT2D eigenvalue weighted by Crippen LogP contribution is -2.49. The van der Waals surface area contributed by atoms with Gasteiger partial charge in [-0.05, 0) is 61.7 Å². The predicted molar refractivity (Wildman–Crippen MR) is 103 cm³/mol. The van der Waals surface area contributed by atoms with Gasteiger partial charge in [0.05, 0.1) is 4.90 Å². The minimum Gasteiger partial charge on any atom is -0.325 e. The molecule has 1 amide bonds. The van der Waals surface area contributed by atoms with Gasteiger partial charge >= 0.3 is 0 Å². The molecule has 8 heteroatoms. The van der Waals surface area contributed by atoms with Crippen molar-refractivity contribution in [3.63, 3.8) is 0 Å². The summed E-state index contributed by atoms with van der Waals surface area (Å²) in [6, 6.07) is 9.40. The summed E-state index contributed by atoms with van der Waals surface area (Å²) in [4.78, 5) is 12.8. The van der Waals surface area contributed by atoms with E-state index in [2.05, 4.69) is 5.32 Å². The Balaban J connectivity index is 1.85. The molecule has 0 bridgehead atoms. The molecule has 1 N–H and O–H groups in total. The average molecular weight is 411 g/mol. The van der Waals surface area contributed by atoms with Crippen LogP contribution in [0.2, 0.25) is 5.02 Å². The van der Waals surface area contributed by atoms with Crippen LogP contribution in [-0.2, 0) is 14.8 Å². The van der Waals surface area contributed by atoms with E-state index in [-0.39, 0.29) is 11.4 Å². The third-order valence-corrected chi connectivity index (χ3v) is 6.79. The van der Waals surface area contributed by atoms with Crippen molar-refractivity contribution in [2.45, 2.75) is 37.1 Å². The van der Waals surface area contributed by atoms with E-state index in [1.165, 1.54) is 34.6 Å². The Labute approximate surface area is 163 Å². The van der Waals surface area contributed by atoms with Crippen LogP contribution in [0.25, 0.3) is 0 Å². The van der Waals surface area contributed by atoms with Crippen LogP contribution in [0.5, 0.6) is 0 Å². The molecule has 1 aliphatic heterocycles. The molecule has 2 aromatic carbocycles. The van der Waals surface area contributed by atoms with Crippen LogP contribution in [0.4, 0.5) is 10.1 Å². The number of benzene rings is 2. The zero-order valence-electron chi connectivity index (χ0n) is 14.8. The second-order valence-electron chi connectivity index (χ2n) is 6.53. The molecular weight excluding hydrogens is 391 g/mol. The predicted octanol–water partition coefficient (Wildman–Crippen LogP) is 3.97. The van der Waals surface area contributed by atoms with E-state index in [0.29, 0.717) is 29.1 Å². The van der Waals surface area contributed by atoms with E-state index in [4.69, 9.17) is 11.6 Å². The molecule has 1 unspecified atom stereocenters. The summed E-state index contributed by atoms with van der Waals surface area (Å²) in [6.07, 6.45) is 1.83. The molecule has 1 aliphatic rings. The van der Waals surface area contributed by atoms with Crippen molar-refractivity contribution in [1.29, 1.82) is 0 Å². The van der Waals surface area contributed by atoms with Crippen molar-refractivity contribution in [1.82, 2.24) is 4.31 Å². The molecule has 0 aliphatic carbocycles. The van der Waals surface area contributed by atoms with Crippen LogP contribution in [0, 0.1) is 12.7 Å². The van der Waals surface area contributed by atoms with Crippen molar-refractivity contribution in [3.8, 4) is 0 Å². The highest BCUT2D eigenvalue weighted by Crippen LogP contribution is 2.27. The smallest absolute Gasteiger partial charge is 0.243 e. The first-order valence-electron chi connectivity index (χ1n) is 8.63. The van der Waals surface area contributed by atoms with Gasteiger partial charge in [0.2, 0.25) is 15.9 Å². The van der Waals surface area contributed by atoms with E-state index in [9.17, 15) is 17.6 Å². The SMILES string of the molecule is Cc1ccc(NC(=O)C2CCCCN2S(=O)(=O)c2ccc(Cl)cc2)cc1F. The molecule has 5 nitrogen and oxygen atoms in total. The van der Waals surface area contributed by atoms with Crippen molar-refractivity contribution in [3.05, 3.63) is 58.9 Å². The maximum absolute atomic E-state index is 13.7. The average Bonchev–Trinajstić information content (AvgIpc) is 2.65. The van der Waals surface area contributed by atoms with Crippen molar-refractivity contribution in [2.24, 2.45) is 0 Å². The minimum absolute atomic E-state index is 0.0907. The van der Waals surface area contributed by atoms with E-state index >= 15 is 0 Å². The number of amides is 1. The number of rotatable bonds is 4. The number of halogens is 2. The number of anilines is 1. The highest BCUT2D eigenvalue weighted by atomic mass is 35.5. The number of hydrogen-bond acceptors (Lipinski definition) is 3. The van der Waals surface area contributed by atoms with Gasteiger partial charge in [0.25, 0.3) is 0 Å². The fraction of sp³-hybridized carbons (Fsp3) is 0.316. The summed E-state index contributed by atoms with van der Waals surface area (Å²) >= 11 is 5.84. The molecule has 144 valence electrons. The summed E-state index contributed by atoms with van der Waals surface area (Å²) < 4.78 is 41.0. The van der Waals surface area contributed by atoms with Gasteiger partial charge in [-0.2, -0.15) is 4.31 Å². The van der Waals surface area contributed by atoms with E-state index in [0.717, 1.165) is 6.42 Å². The van der Waals surface area contributed by atoms with E-state index in [1.807, 2.05) is 0 Å². The molecule has 1 fully saturated rings. The van der Waals surface area contributed by atoms with Gasteiger partial charge in [-0.25, -0.2) is 12.8 Å². The maximum atomic E-state index is 13.7. The lowest BCUT2D eigenvalue weighted by molar-refractivity contribution is -0.120. The standard InChI is InChI=1S/C19H20ClFN2O3S/c1-13-5-8-15(12-17(13)21)22-19(24)18-4-2-3-11-23(18)27(25,26)16-9-6-14(20)7-10-16/h5-10,12,18H,2-4,11H2,1H3,(H,22,24). The summed E-state index contributed by atoms with van der Waals surface area (Å²) in [6.45, 7) is 1.88. The zero-order valence-corrected chi connectivity index (χ0v) is 16.4. The van der Waals surface area contributed by atoms with E-state index < -0.39 is 27.8 Å². The van der Waals surface area contributed by atoms with Gasteiger partial charge in [0.15, 0.2) is 0 Å². The molecule has 0 saturated carbocycles. The molecular formula is C19H20ClFN2O3S. The Morgan fingerprint density at radius 3 is 2.56 bits per heavy atom. The Morgan fingerprint density at radius 1 is 1.19 bits per heavy atom. The quantitative estimate of drug-likeness (QED) is 0.829. The maximum Gasteiger partial charge on any atom is 0.243 e. The first kappa shape index (κ1) is 19.8. The van der Waals surface area contributed by atoms with Crippen LogP contribution in [0.3, 0.4) is 0 Å². The molecule has 0 aromatic heterocycles. The number of nitrogens with one attached hydrogen (secondary N) is 1. The first-order valence-corrected chi connectivity index (χ1v) is 10.5. The van der Waals surface area contributed by atoms with Crippen molar-refractivity contribution in [2.75, 3.05) is 11.9 Å². The van der Waals surface area contributed by atoms with Gasteiger partial charge < -0.3 is 5.32 Å². The molecule has 0 spiro atoms. The monoisotopic (exact) mass is 410 g/mol. The Hall–Kier alpha value is -1.96. The summed E-state index contributed by atoms with van der Waals surface area (Å²) in [5.74, 6) is -0.891. The van der Waals surface area contributed by atoms with Gasteiger partial charge in [-0.1, -0.05) is 24.1 Å².